The van der Waals surface area contributed by atoms with Gasteiger partial charge in [-0.2, -0.15) is 0 Å². The van der Waals surface area contributed by atoms with Crippen LogP contribution in [0.3, 0.4) is 0 Å². The predicted octanol–water partition coefficient (Wildman–Crippen LogP) is 1.95. The molecule has 3 aromatic heterocycles. The number of hydrogen-bond donors (Lipinski definition) is 1. The lowest BCUT2D eigenvalue weighted by atomic mass is 10.2. The zero-order valence-electron chi connectivity index (χ0n) is 17.8. The second kappa shape index (κ2) is 9.28. The van der Waals surface area contributed by atoms with Gasteiger partial charge in [-0.15, -0.1) is 0 Å². The first-order chi connectivity index (χ1) is 14.6. The van der Waals surface area contributed by atoms with Gasteiger partial charge in [0.15, 0.2) is 0 Å². The third-order valence-corrected chi connectivity index (χ3v) is 5.56. The van der Waals surface area contributed by atoms with E-state index in [-0.39, 0.29) is 5.91 Å². The third-order valence-electron chi connectivity index (χ3n) is 5.56. The lowest BCUT2D eigenvalue weighted by molar-refractivity contribution is 0.0950. The van der Waals surface area contributed by atoms with Gasteiger partial charge in [0.2, 0.25) is 0 Å². The molecule has 1 N–H and O–H groups in total. The molecule has 1 amide bonds. The van der Waals surface area contributed by atoms with E-state index in [0.717, 1.165) is 50.6 Å². The molecule has 0 radical (unpaired) electrons. The Balaban J connectivity index is 1.41. The number of carbonyl (C=O) groups excluding carboxylic acids is 1. The Labute approximate surface area is 177 Å². The topological polar surface area (TPSA) is 56.1 Å². The van der Waals surface area contributed by atoms with Crippen molar-refractivity contribution in [1.82, 2.24) is 24.5 Å². The van der Waals surface area contributed by atoms with Crippen LogP contribution in [0, 0.1) is 0 Å². The number of fused-ring (bicyclic) bond motifs is 1. The van der Waals surface area contributed by atoms with Crippen LogP contribution in [0.4, 0.5) is 5.82 Å². The first-order valence-electron chi connectivity index (χ1n) is 10.5. The standard InChI is InChI=1S/C23H30N6O/c1-26(2)11-10-25-23(30)20-5-6-21-7-8-22(29(21)18-20)28-14-12-27(13-15-28)17-19-4-3-9-24-16-19/h3-9,16,18H,10-15,17H2,1-2H3,(H,25,30). The van der Waals surface area contributed by atoms with Crippen LogP contribution in [-0.2, 0) is 6.54 Å². The second-order valence-electron chi connectivity index (χ2n) is 8.09. The number of nitrogens with one attached hydrogen (secondary N) is 1. The number of amides is 1. The Morgan fingerprint density at radius 2 is 1.90 bits per heavy atom. The van der Waals surface area contributed by atoms with Crippen molar-refractivity contribution < 1.29 is 4.79 Å². The molecular formula is C23H30N6O. The Morgan fingerprint density at radius 3 is 2.63 bits per heavy atom. The number of aromatic nitrogens is 2. The van der Waals surface area contributed by atoms with Crippen molar-refractivity contribution >= 4 is 17.2 Å². The Kier molecular flexibility index (Phi) is 6.30. The van der Waals surface area contributed by atoms with E-state index in [0.29, 0.717) is 12.1 Å². The highest BCUT2D eigenvalue weighted by molar-refractivity contribution is 5.94. The van der Waals surface area contributed by atoms with Crippen molar-refractivity contribution in [3.63, 3.8) is 0 Å². The highest BCUT2D eigenvalue weighted by Gasteiger charge is 2.20. The number of likely N-dealkylation sites (N-methyl/N-ethyl adjacent to an activating group) is 1. The Hall–Kier alpha value is -2.90. The van der Waals surface area contributed by atoms with Crippen LogP contribution in [0.1, 0.15) is 15.9 Å². The summed E-state index contributed by atoms with van der Waals surface area (Å²) in [4.78, 5) is 23.7. The Morgan fingerprint density at radius 1 is 1.10 bits per heavy atom. The fourth-order valence-corrected chi connectivity index (χ4v) is 3.86. The molecule has 7 nitrogen and oxygen atoms in total. The molecular weight excluding hydrogens is 376 g/mol. The van der Waals surface area contributed by atoms with Gasteiger partial charge >= 0.3 is 0 Å². The summed E-state index contributed by atoms with van der Waals surface area (Å²) in [5.41, 5.74) is 3.05. The van der Waals surface area contributed by atoms with Crippen LogP contribution in [0.25, 0.3) is 5.52 Å². The maximum absolute atomic E-state index is 12.5. The lowest BCUT2D eigenvalue weighted by Gasteiger charge is -2.35. The molecule has 7 heteroatoms. The summed E-state index contributed by atoms with van der Waals surface area (Å²) < 4.78 is 2.14. The van der Waals surface area contributed by atoms with Gasteiger partial charge in [0.25, 0.3) is 5.91 Å². The summed E-state index contributed by atoms with van der Waals surface area (Å²) in [6, 6.07) is 12.3. The number of carbonyl (C=O) groups is 1. The average molecular weight is 407 g/mol. The summed E-state index contributed by atoms with van der Waals surface area (Å²) >= 11 is 0. The number of piperazine rings is 1. The number of hydrogen-bond acceptors (Lipinski definition) is 5. The molecule has 0 aromatic carbocycles. The number of anilines is 1. The van der Waals surface area contributed by atoms with E-state index < -0.39 is 0 Å². The van der Waals surface area contributed by atoms with Crippen molar-refractivity contribution in [3.8, 4) is 0 Å². The summed E-state index contributed by atoms with van der Waals surface area (Å²) in [5, 5.41) is 3.00. The van der Waals surface area contributed by atoms with Crippen molar-refractivity contribution in [3.05, 3.63) is 66.1 Å². The highest BCUT2D eigenvalue weighted by Crippen LogP contribution is 2.22. The number of pyridine rings is 2. The van der Waals surface area contributed by atoms with Crippen LogP contribution in [-0.4, -0.2) is 78.5 Å². The van der Waals surface area contributed by atoms with E-state index in [9.17, 15) is 4.79 Å². The van der Waals surface area contributed by atoms with E-state index in [4.69, 9.17) is 0 Å². The largest absolute Gasteiger partial charge is 0.355 e. The van der Waals surface area contributed by atoms with Gasteiger partial charge in [-0.25, -0.2) is 0 Å². The molecule has 0 unspecified atom stereocenters. The van der Waals surface area contributed by atoms with E-state index in [2.05, 4.69) is 47.6 Å². The van der Waals surface area contributed by atoms with E-state index in [1.54, 1.807) is 0 Å². The van der Waals surface area contributed by atoms with Gasteiger partial charge < -0.3 is 19.5 Å². The van der Waals surface area contributed by atoms with Gasteiger partial charge in [-0.3, -0.25) is 14.7 Å². The molecule has 1 saturated heterocycles. The minimum absolute atomic E-state index is 0.0281. The molecule has 0 aliphatic carbocycles. The molecule has 0 atom stereocenters. The average Bonchev–Trinajstić information content (AvgIpc) is 3.18. The first kappa shape index (κ1) is 20.4. The zero-order chi connectivity index (χ0) is 20.9. The molecule has 0 saturated carbocycles. The van der Waals surface area contributed by atoms with Crippen LogP contribution in [0.15, 0.2) is 55.0 Å². The quantitative estimate of drug-likeness (QED) is 0.650. The van der Waals surface area contributed by atoms with Crippen molar-refractivity contribution in [2.75, 3.05) is 58.3 Å². The van der Waals surface area contributed by atoms with Crippen LogP contribution in [0.5, 0.6) is 0 Å². The molecule has 3 aromatic rings. The summed E-state index contributed by atoms with van der Waals surface area (Å²) in [5.74, 6) is 1.12. The zero-order valence-corrected chi connectivity index (χ0v) is 17.8. The molecule has 1 aliphatic heterocycles. The van der Waals surface area contributed by atoms with Crippen molar-refractivity contribution in [2.45, 2.75) is 6.54 Å². The van der Waals surface area contributed by atoms with E-state index in [1.807, 2.05) is 50.9 Å². The predicted molar refractivity (Wildman–Crippen MR) is 120 cm³/mol. The van der Waals surface area contributed by atoms with Crippen LogP contribution >= 0.6 is 0 Å². The molecule has 4 heterocycles. The highest BCUT2D eigenvalue weighted by atomic mass is 16.1. The smallest absolute Gasteiger partial charge is 0.252 e. The van der Waals surface area contributed by atoms with Gasteiger partial charge in [0.1, 0.15) is 5.82 Å². The second-order valence-corrected chi connectivity index (χ2v) is 8.09. The molecule has 0 bridgehead atoms. The minimum atomic E-state index is -0.0281. The molecule has 158 valence electrons. The number of nitrogens with zero attached hydrogens (tertiary/aromatic N) is 5. The van der Waals surface area contributed by atoms with Crippen molar-refractivity contribution in [2.24, 2.45) is 0 Å². The van der Waals surface area contributed by atoms with E-state index >= 15 is 0 Å². The van der Waals surface area contributed by atoms with Crippen molar-refractivity contribution in [1.29, 1.82) is 0 Å². The lowest BCUT2D eigenvalue weighted by Crippen LogP contribution is -2.46. The first-order valence-corrected chi connectivity index (χ1v) is 10.5. The van der Waals surface area contributed by atoms with Gasteiger partial charge in [0, 0.05) is 69.9 Å². The normalized spacial score (nSPS) is 15.1. The summed E-state index contributed by atoms with van der Waals surface area (Å²) in [6.45, 7) is 6.35. The fraction of sp³-hybridized carbons (Fsp3) is 0.391. The summed E-state index contributed by atoms with van der Waals surface area (Å²) in [7, 11) is 4.00. The SMILES string of the molecule is CN(C)CCNC(=O)c1ccc2ccc(N3CCN(Cc4cccnc4)CC3)n2c1. The monoisotopic (exact) mass is 406 g/mol. The van der Waals surface area contributed by atoms with Gasteiger partial charge in [-0.1, -0.05) is 6.07 Å². The van der Waals surface area contributed by atoms with Crippen LogP contribution < -0.4 is 10.2 Å². The third kappa shape index (κ3) is 4.80. The van der Waals surface area contributed by atoms with E-state index in [1.165, 1.54) is 5.56 Å². The maximum Gasteiger partial charge on any atom is 0.252 e. The Bertz CT molecular complexity index is 976. The maximum atomic E-state index is 12.5. The molecule has 4 rings (SSSR count). The summed E-state index contributed by atoms with van der Waals surface area (Å²) in [6.07, 6.45) is 5.71. The minimum Gasteiger partial charge on any atom is -0.355 e. The molecule has 1 fully saturated rings. The van der Waals surface area contributed by atoms with Gasteiger partial charge in [-0.05, 0) is 50.0 Å². The van der Waals surface area contributed by atoms with Crippen LogP contribution in [0.2, 0.25) is 0 Å². The fourth-order valence-electron chi connectivity index (χ4n) is 3.86. The number of rotatable bonds is 7. The van der Waals surface area contributed by atoms with Gasteiger partial charge in [0.05, 0.1) is 5.56 Å². The molecule has 0 spiro atoms. The molecule has 1 aliphatic rings. The molecule has 30 heavy (non-hydrogen) atoms.